The van der Waals surface area contributed by atoms with Gasteiger partial charge in [0.1, 0.15) is 0 Å². The highest BCUT2D eigenvalue weighted by atomic mass is 14.2. The van der Waals surface area contributed by atoms with Gasteiger partial charge in [-0.15, -0.1) is 13.2 Å². The van der Waals surface area contributed by atoms with Crippen LogP contribution in [-0.4, -0.2) is 0 Å². The first-order valence-corrected chi connectivity index (χ1v) is 9.43. The molecule has 0 aliphatic rings. The maximum atomic E-state index is 3.82. The highest BCUT2D eigenvalue weighted by Crippen LogP contribution is 2.26. The molecule has 0 heteroatoms. The van der Waals surface area contributed by atoms with Crippen LogP contribution in [0.1, 0.15) is 102 Å². The Hall–Kier alpha value is -1.30. The van der Waals surface area contributed by atoms with Crippen LogP contribution in [0.25, 0.3) is 0 Å². The summed E-state index contributed by atoms with van der Waals surface area (Å²) in [7, 11) is 0. The molecule has 0 aliphatic heterocycles. The van der Waals surface area contributed by atoms with Crippen LogP contribution in [0.15, 0.2) is 60.8 Å². The van der Waals surface area contributed by atoms with Gasteiger partial charge < -0.3 is 0 Å². The molecule has 0 N–H and O–H groups in total. The van der Waals surface area contributed by atoms with Gasteiger partial charge in [-0.25, -0.2) is 0 Å². The molecule has 0 nitrogen and oxygen atoms in total. The molecule has 0 saturated heterocycles. The lowest BCUT2D eigenvalue weighted by atomic mass is 9.85. The van der Waals surface area contributed by atoms with E-state index in [-0.39, 0.29) is 7.43 Å². The van der Waals surface area contributed by atoms with E-state index in [1.54, 1.807) is 0 Å². The van der Waals surface area contributed by atoms with Gasteiger partial charge in [0, 0.05) is 0 Å². The summed E-state index contributed by atoms with van der Waals surface area (Å²) in [5.41, 5.74) is 6.58. The Morgan fingerprint density at radius 2 is 1.08 bits per heavy atom. The Morgan fingerprint density at radius 1 is 0.731 bits per heavy atom. The fourth-order valence-corrected chi connectivity index (χ4v) is 1.26. The second-order valence-electron chi connectivity index (χ2n) is 7.59. The molecule has 0 aromatic carbocycles. The summed E-state index contributed by atoms with van der Waals surface area (Å²) in [5.74, 6) is 0. The third-order valence-corrected chi connectivity index (χ3v) is 4.28. The zero-order chi connectivity index (χ0) is 21.2. The molecule has 0 spiro atoms. The van der Waals surface area contributed by atoms with Gasteiger partial charge in [-0.05, 0) is 53.4 Å². The molecule has 0 bridgehead atoms. The second kappa shape index (κ2) is 21.7. The first-order chi connectivity index (χ1) is 11.3. The van der Waals surface area contributed by atoms with Crippen molar-refractivity contribution in [1.29, 1.82) is 0 Å². The Labute approximate surface area is 168 Å². The molecule has 0 rings (SSSR count). The molecule has 156 valence electrons. The lowest BCUT2D eigenvalue weighted by molar-refractivity contribution is 0.311. The smallest absolute Gasteiger partial charge is 0.0357 e. The van der Waals surface area contributed by atoms with E-state index in [9.17, 15) is 0 Å². The lowest BCUT2D eigenvalue weighted by Crippen LogP contribution is -2.08. The molecule has 0 fully saturated rings. The summed E-state index contributed by atoms with van der Waals surface area (Å²) in [4.78, 5) is 0. The SMILES string of the molecule is C.C=C.C=C(C)C(=C)C.C=C(C)C(C)=C(C)C.CCCCC(C)(C)CC. The Bertz CT molecular complexity index is 386. The molecule has 0 saturated carbocycles. The van der Waals surface area contributed by atoms with Gasteiger partial charge in [-0.3, -0.25) is 0 Å². The van der Waals surface area contributed by atoms with E-state index in [0.717, 1.165) is 11.1 Å². The van der Waals surface area contributed by atoms with Gasteiger partial charge in [-0.1, -0.05) is 102 Å². The molecule has 0 aromatic rings. The van der Waals surface area contributed by atoms with Gasteiger partial charge in [0.2, 0.25) is 0 Å². The predicted octanol–water partition coefficient (Wildman–Crippen LogP) is 10.1. The average Bonchev–Trinajstić information content (AvgIpc) is 2.55. The third kappa shape index (κ3) is 30.6. The van der Waals surface area contributed by atoms with Crippen LogP contribution in [0.5, 0.6) is 0 Å². The van der Waals surface area contributed by atoms with E-state index in [4.69, 9.17) is 0 Å². The number of rotatable bonds is 6. The van der Waals surface area contributed by atoms with Gasteiger partial charge in [0.05, 0.1) is 0 Å². The summed E-state index contributed by atoms with van der Waals surface area (Å²) in [6.07, 6.45) is 5.43. The summed E-state index contributed by atoms with van der Waals surface area (Å²) in [5, 5.41) is 0. The minimum atomic E-state index is 0. The van der Waals surface area contributed by atoms with Crippen molar-refractivity contribution in [3.8, 4) is 0 Å². The van der Waals surface area contributed by atoms with Crippen molar-refractivity contribution in [2.24, 2.45) is 5.41 Å². The quantitative estimate of drug-likeness (QED) is 0.325. The van der Waals surface area contributed by atoms with Crippen LogP contribution in [-0.2, 0) is 0 Å². The number of hydrogen-bond acceptors (Lipinski definition) is 0. The van der Waals surface area contributed by atoms with Crippen molar-refractivity contribution in [3.63, 3.8) is 0 Å². The molecule has 0 radical (unpaired) electrons. The topological polar surface area (TPSA) is 0 Å². The minimum absolute atomic E-state index is 0. The second-order valence-corrected chi connectivity index (χ2v) is 7.59. The van der Waals surface area contributed by atoms with E-state index in [2.05, 4.69) is 81.4 Å². The van der Waals surface area contributed by atoms with Gasteiger partial charge in [0.15, 0.2) is 0 Å². The number of allylic oxidation sites excluding steroid dienone is 5. The van der Waals surface area contributed by atoms with Crippen LogP contribution in [0.2, 0.25) is 0 Å². The van der Waals surface area contributed by atoms with E-state index >= 15 is 0 Å². The summed E-state index contributed by atoms with van der Waals surface area (Å²) < 4.78 is 0. The van der Waals surface area contributed by atoms with Crippen molar-refractivity contribution in [2.75, 3.05) is 0 Å². The van der Waals surface area contributed by atoms with Gasteiger partial charge in [0.25, 0.3) is 0 Å². The molecule has 0 atom stereocenters. The summed E-state index contributed by atoms with van der Waals surface area (Å²) in [6.45, 7) is 38.6. The summed E-state index contributed by atoms with van der Waals surface area (Å²) in [6, 6.07) is 0. The van der Waals surface area contributed by atoms with Gasteiger partial charge >= 0.3 is 0 Å². The maximum Gasteiger partial charge on any atom is -0.0357 e. The van der Waals surface area contributed by atoms with E-state index < -0.39 is 0 Å². The van der Waals surface area contributed by atoms with Crippen LogP contribution >= 0.6 is 0 Å². The monoisotopic (exact) mass is 364 g/mol. The molecular weight excluding hydrogens is 312 g/mol. The molecule has 0 amide bonds. The van der Waals surface area contributed by atoms with E-state index in [0.29, 0.717) is 5.41 Å². The van der Waals surface area contributed by atoms with Crippen LogP contribution in [0.4, 0.5) is 0 Å². The average molecular weight is 365 g/mol. The van der Waals surface area contributed by atoms with Gasteiger partial charge in [-0.2, -0.15) is 0 Å². The van der Waals surface area contributed by atoms with Crippen LogP contribution in [0.3, 0.4) is 0 Å². The van der Waals surface area contributed by atoms with E-state index in [1.807, 2.05) is 20.8 Å². The molecule has 0 heterocycles. The highest BCUT2D eigenvalue weighted by molar-refractivity contribution is 5.27. The first kappa shape index (κ1) is 35.7. The van der Waals surface area contributed by atoms with Crippen LogP contribution < -0.4 is 0 Å². The number of hydrogen-bond donors (Lipinski definition) is 0. The van der Waals surface area contributed by atoms with E-state index in [1.165, 1.54) is 42.4 Å². The zero-order valence-corrected chi connectivity index (χ0v) is 19.4. The van der Waals surface area contributed by atoms with Crippen molar-refractivity contribution in [2.45, 2.75) is 102 Å². The Balaban J connectivity index is -0.0000000806. The fourth-order valence-electron chi connectivity index (χ4n) is 1.26. The van der Waals surface area contributed by atoms with Crippen molar-refractivity contribution >= 4 is 0 Å². The molecule has 0 unspecified atom stereocenters. The maximum absolute atomic E-state index is 3.82. The minimum Gasteiger partial charge on any atom is -0.106 e. The zero-order valence-electron chi connectivity index (χ0n) is 19.4. The Kier molecular flexibility index (Phi) is 29.9. The summed E-state index contributed by atoms with van der Waals surface area (Å²) >= 11 is 0. The molecule has 0 aliphatic carbocycles. The van der Waals surface area contributed by atoms with Crippen molar-refractivity contribution < 1.29 is 0 Å². The van der Waals surface area contributed by atoms with Crippen molar-refractivity contribution in [1.82, 2.24) is 0 Å². The highest BCUT2D eigenvalue weighted by Gasteiger charge is 2.12. The predicted molar refractivity (Wildman–Crippen MR) is 130 cm³/mol. The molecular formula is C26H52. The van der Waals surface area contributed by atoms with Crippen LogP contribution in [0, 0.1) is 5.41 Å². The normalized spacial score (nSPS) is 8.69. The number of unbranched alkanes of at least 4 members (excludes halogenated alkanes) is 1. The Morgan fingerprint density at radius 3 is 1.19 bits per heavy atom. The standard InChI is InChI=1S/C9H20.C8H14.C6H10.C2H4.CH4/c1-5-7-8-9(3,4)6-2;1-6(2)8(5)7(3)4;1-5(2)6(3)4;1-2;/h5-8H2,1-4H3;1H2,2-5H3;1,3H2,2,4H3;1-2H2;1H4. The molecule has 26 heavy (non-hydrogen) atoms. The lowest BCUT2D eigenvalue weighted by Gasteiger charge is -2.21. The fraction of sp³-hybridized carbons (Fsp3) is 0.615. The first-order valence-electron chi connectivity index (χ1n) is 9.43. The third-order valence-electron chi connectivity index (χ3n) is 4.28. The molecule has 0 aromatic heterocycles. The largest absolute Gasteiger partial charge is 0.106 e. The van der Waals surface area contributed by atoms with Crippen molar-refractivity contribution in [3.05, 3.63) is 60.8 Å².